The minimum Gasteiger partial charge on any atom is -0.325 e. The lowest BCUT2D eigenvalue weighted by atomic mass is 10.1. The van der Waals surface area contributed by atoms with Gasteiger partial charge in [0.1, 0.15) is 0 Å². The summed E-state index contributed by atoms with van der Waals surface area (Å²) >= 11 is 3.37. The molecule has 0 unspecified atom stereocenters. The lowest BCUT2D eigenvalue weighted by Gasteiger charge is -2.20. The minimum atomic E-state index is -0.274. The number of anilines is 1. The van der Waals surface area contributed by atoms with E-state index in [9.17, 15) is 4.79 Å². The largest absolute Gasteiger partial charge is 0.325 e. The van der Waals surface area contributed by atoms with Crippen LogP contribution in [0.3, 0.4) is 0 Å². The highest BCUT2D eigenvalue weighted by Gasteiger charge is 2.16. The van der Waals surface area contributed by atoms with E-state index < -0.39 is 0 Å². The van der Waals surface area contributed by atoms with Gasteiger partial charge in [0.25, 0.3) is 0 Å². The fraction of sp³-hybridized carbons (Fsp3) is 0.235. The Morgan fingerprint density at radius 3 is 2.24 bits per heavy atom. The average Bonchev–Trinajstić information content (AvgIpc) is 2.50. The molecular weight excluding hydrogens is 328 g/mol. The van der Waals surface area contributed by atoms with E-state index in [0.717, 1.165) is 10.2 Å². The topological polar surface area (TPSA) is 41.1 Å². The van der Waals surface area contributed by atoms with Crippen molar-refractivity contribution < 1.29 is 4.79 Å². The lowest BCUT2D eigenvalue weighted by Crippen LogP contribution is -2.39. The van der Waals surface area contributed by atoms with Crippen molar-refractivity contribution in [3.8, 4) is 0 Å². The van der Waals surface area contributed by atoms with Gasteiger partial charge in [-0.25, -0.2) is 0 Å². The van der Waals surface area contributed by atoms with Gasteiger partial charge in [0.05, 0.1) is 6.04 Å². The molecule has 0 saturated heterocycles. The molecule has 0 aliphatic heterocycles. The van der Waals surface area contributed by atoms with Gasteiger partial charge in [0.2, 0.25) is 5.91 Å². The highest BCUT2D eigenvalue weighted by molar-refractivity contribution is 9.10. The van der Waals surface area contributed by atoms with Crippen molar-refractivity contribution in [3.05, 3.63) is 64.6 Å². The van der Waals surface area contributed by atoms with Gasteiger partial charge in [-0.1, -0.05) is 46.3 Å². The summed E-state index contributed by atoms with van der Waals surface area (Å²) in [6.07, 6.45) is 0. The van der Waals surface area contributed by atoms with Crippen molar-refractivity contribution in [2.24, 2.45) is 0 Å². The van der Waals surface area contributed by atoms with Gasteiger partial charge in [-0.2, -0.15) is 0 Å². The van der Waals surface area contributed by atoms with Gasteiger partial charge in [0.15, 0.2) is 0 Å². The van der Waals surface area contributed by atoms with Crippen LogP contribution in [-0.2, 0) is 4.79 Å². The molecule has 21 heavy (non-hydrogen) atoms. The normalized spacial score (nSPS) is 13.5. The van der Waals surface area contributed by atoms with Crippen LogP contribution in [0.1, 0.15) is 25.5 Å². The van der Waals surface area contributed by atoms with Gasteiger partial charge in [-0.15, -0.1) is 0 Å². The first-order chi connectivity index (χ1) is 10.1. The van der Waals surface area contributed by atoms with E-state index in [1.165, 1.54) is 5.56 Å². The molecule has 2 aromatic rings. The maximum Gasteiger partial charge on any atom is 0.241 e. The highest BCUT2D eigenvalue weighted by atomic mass is 79.9. The Bertz CT molecular complexity index is 583. The molecule has 3 nitrogen and oxygen atoms in total. The van der Waals surface area contributed by atoms with E-state index in [2.05, 4.69) is 45.6 Å². The van der Waals surface area contributed by atoms with Crippen molar-refractivity contribution in [1.29, 1.82) is 0 Å². The number of halogens is 1. The molecule has 0 spiro atoms. The molecule has 2 N–H and O–H groups in total. The first kappa shape index (κ1) is 15.7. The molecule has 0 aromatic heterocycles. The maximum absolute atomic E-state index is 12.2. The number of hydrogen-bond acceptors (Lipinski definition) is 2. The van der Waals surface area contributed by atoms with Crippen LogP contribution in [0.15, 0.2) is 59.1 Å². The smallest absolute Gasteiger partial charge is 0.241 e. The molecule has 2 aromatic carbocycles. The second-order valence-electron chi connectivity index (χ2n) is 5.02. The number of rotatable bonds is 5. The summed E-state index contributed by atoms with van der Waals surface area (Å²) in [6, 6.07) is 17.5. The highest BCUT2D eigenvalue weighted by Crippen LogP contribution is 2.15. The first-order valence-corrected chi connectivity index (χ1v) is 7.73. The van der Waals surface area contributed by atoms with Gasteiger partial charge in [-0.05, 0) is 43.7 Å². The van der Waals surface area contributed by atoms with Crippen LogP contribution in [0.5, 0.6) is 0 Å². The fourth-order valence-electron chi connectivity index (χ4n) is 2.07. The molecule has 2 atom stereocenters. The lowest BCUT2D eigenvalue weighted by molar-refractivity contribution is -0.117. The van der Waals surface area contributed by atoms with Gasteiger partial charge in [-0.3, -0.25) is 10.1 Å². The van der Waals surface area contributed by atoms with Crippen LogP contribution in [0.25, 0.3) is 0 Å². The summed E-state index contributed by atoms with van der Waals surface area (Å²) in [7, 11) is 0. The van der Waals surface area contributed by atoms with E-state index >= 15 is 0 Å². The minimum absolute atomic E-state index is 0.0416. The second-order valence-corrected chi connectivity index (χ2v) is 5.93. The van der Waals surface area contributed by atoms with Crippen molar-refractivity contribution in [2.75, 3.05) is 5.32 Å². The van der Waals surface area contributed by atoms with E-state index in [1.807, 2.05) is 49.4 Å². The molecule has 0 aliphatic carbocycles. The number of carbonyl (C=O) groups is 1. The molecule has 0 fully saturated rings. The average molecular weight is 347 g/mol. The predicted molar refractivity (Wildman–Crippen MR) is 90.2 cm³/mol. The van der Waals surface area contributed by atoms with E-state index in [0.29, 0.717) is 0 Å². The van der Waals surface area contributed by atoms with Gasteiger partial charge in [0, 0.05) is 16.2 Å². The Kier molecular flexibility index (Phi) is 5.53. The summed E-state index contributed by atoms with van der Waals surface area (Å²) in [4.78, 5) is 12.2. The van der Waals surface area contributed by atoms with Crippen LogP contribution < -0.4 is 10.6 Å². The summed E-state index contributed by atoms with van der Waals surface area (Å²) in [5.74, 6) is -0.0416. The Labute approximate surface area is 133 Å². The molecule has 110 valence electrons. The first-order valence-electron chi connectivity index (χ1n) is 6.93. The molecular formula is C17H19BrN2O. The quantitative estimate of drug-likeness (QED) is 0.854. The molecule has 0 heterocycles. The molecule has 0 aliphatic rings. The van der Waals surface area contributed by atoms with Crippen LogP contribution in [0.2, 0.25) is 0 Å². The van der Waals surface area contributed by atoms with Crippen molar-refractivity contribution in [2.45, 2.75) is 25.9 Å². The molecule has 4 heteroatoms. The Morgan fingerprint density at radius 2 is 1.62 bits per heavy atom. The molecule has 1 amide bonds. The second kappa shape index (κ2) is 7.38. The summed E-state index contributed by atoms with van der Waals surface area (Å²) in [6.45, 7) is 3.92. The van der Waals surface area contributed by atoms with Crippen LogP contribution >= 0.6 is 15.9 Å². The fourth-order valence-corrected chi connectivity index (χ4v) is 2.34. The maximum atomic E-state index is 12.2. The number of nitrogens with one attached hydrogen (secondary N) is 2. The van der Waals surface area contributed by atoms with E-state index in [1.54, 1.807) is 0 Å². The molecule has 0 bridgehead atoms. The zero-order valence-corrected chi connectivity index (χ0v) is 13.7. The summed E-state index contributed by atoms with van der Waals surface area (Å²) in [5.41, 5.74) is 1.96. The molecule has 0 saturated carbocycles. The van der Waals surface area contributed by atoms with E-state index in [4.69, 9.17) is 0 Å². The van der Waals surface area contributed by atoms with Crippen LogP contribution in [0, 0.1) is 0 Å². The Morgan fingerprint density at radius 1 is 1.00 bits per heavy atom. The number of carbonyl (C=O) groups excluding carboxylic acids is 1. The third-order valence-corrected chi connectivity index (χ3v) is 3.83. The van der Waals surface area contributed by atoms with Crippen LogP contribution in [0.4, 0.5) is 5.69 Å². The number of hydrogen-bond donors (Lipinski definition) is 2. The van der Waals surface area contributed by atoms with Crippen molar-refractivity contribution in [1.82, 2.24) is 5.32 Å². The van der Waals surface area contributed by atoms with Crippen molar-refractivity contribution >= 4 is 27.5 Å². The third kappa shape index (κ3) is 4.69. The SMILES string of the molecule is C[C@H](N[C@@H](C)c1ccccc1)C(=O)Nc1ccc(Br)cc1. The molecule has 0 radical (unpaired) electrons. The summed E-state index contributed by atoms with van der Waals surface area (Å²) < 4.78 is 0.990. The van der Waals surface area contributed by atoms with E-state index in [-0.39, 0.29) is 18.0 Å². The zero-order chi connectivity index (χ0) is 15.2. The standard InChI is InChI=1S/C17H19BrN2O/c1-12(14-6-4-3-5-7-14)19-13(2)17(21)20-16-10-8-15(18)9-11-16/h3-13,19H,1-2H3,(H,20,21)/t12-,13-/m0/s1. The monoisotopic (exact) mass is 346 g/mol. The third-order valence-electron chi connectivity index (χ3n) is 3.30. The Hall–Kier alpha value is -1.65. The van der Waals surface area contributed by atoms with Gasteiger partial charge < -0.3 is 5.32 Å². The zero-order valence-electron chi connectivity index (χ0n) is 12.1. The number of benzene rings is 2. The predicted octanol–water partition coefficient (Wildman–Crippen LogP) is 4.13. The van der Waals surface area contributed by atoms with Crippen LogP contribution in [-0.4, -0.2) is 11.9 Å². The molecule has 2 rings (SSSR count). The summed E-state index contributed by atoms with van der Waals surface area (Å²) in [5, 5.41) is 6.21. The van der Waals surface area contributed by atoms with Crippen molar-refractivity contribution in [3.63, 3.8) is 0 Å². The number of amides is 1. The van der Waals surface area contributed by atoms with Gasteiger partial charge >= 0.3 is 0 Å². The Balaban J connectivity index is 1.92.